The fourth-order valence-corrected chi connectivity index (χ4v) is 2.37. The number of aromatic nitrogens is 1. The zero-order valence-electron chi connectivity index (χ0n) is 9.53. The Bertz CT molecular complexity index is 349. The van der Waals surface area contributed by atoms with Gasteiger partial charge in [0.1, 0.15) is 5.82 Å². The van der Waals surface area contributed by atoms with Crippen LogP contribution in [0.25, 0.3) is 0 Å². The number of hydrogen-bond acceptors (Lipinski definition) is 3. The molecule has 82 valence electrons. The topological polar surface area (TPSA) is 42.2 Å². The van der Waals surface area contributed by atoms with Gasteiger partial charge >= 0.3 is 0 Å². The lowest BCUT2D eigenvalue weighted by Crippen LogP contribution is -2.22. The molecule has 1 atom stereocenters. The van der Waals surface area contributed by atoms with Gasteiger partial charge in [-0.2, -0.15) is 0 Å². The minimum absolute atomic E-state index is 0.557. The van der Waals surface area contributed by atoms with Crippen molar-refractivity contribution in [1.82, 2.24) is 9.88 Å². The van der Waals surface area contributed by atoms with Crippen molar-refractivity contribution in [1.29, 1.82) is 0 Å². The predicted octanol–water partition coefficient (Wildman–Crippen LogP) is 2.13. The van der Waals surface area contributed by atoms with Crippen LogP contribution in [0.1, 0.15) is 36.9 Å². The molecule has 3 heteroatoms. The quantitative estimate of drug-likeness (QED) is 0.804. The zero-order chi connectivity index (χ0) is 10.8. The van der Waals surface area contributed by atoms with Crippen LogP contribution >= 0.6 is 0 Å². The molecule has 3 nitrogen and oxygen atoms in total. The summed E-state index contributed by atoms with van der Waals surface area (Å²) in [6.45, 7) is 6.58. The maximum atomic E-state index is 5.73. The third-order valence-electron chi connectivity index (χ3n) is 3.29. The Morgan fingerprint density at radius 3 is 3.07 bits per heavy atom. The lowest BCUT2D eigenvalue weighted by atomic mass is 10.0. The molecular weight excluding hydrogens is 186 g/mol. The molecule has 0 aromatic carbocycles. The standard InChI is InChI=1S/C12H19N3/c1-3-15-6-4-5-11(15)10-7-9(2)12(13)14-8-10/h7-8,11H,3-6H2,1-2H3,(H2,13,14)/t11-/m0/s1. The lowest BCUT2D eigenvalue weighted by Gasteiger charge is -2.23. The normalized spacial score (nSPS) is 22.1. The molecular formula is C12H19N3. The highest BCUT2D eigenvalue weighted by Gasteiger charge is 2.24. The summed E-state index contributed by atoms with van der Waals surface area (Å²) in [5.74, 6) is 0.653. The SMILES string of the molecule is CCN1CCC[C@H]1c1cnc(N)c(C)c1. The summed E-state index contributed by atoms with van der Waals surface area (Å²) in [5.41, 5.74) is 8.14. The van der Waals surface area contributed by atoms with E-state index in [2.05, 4.69) is 22.9 Å². The second-order valence-corrected chi connectivity index (χ2v) is 4.26. The van der Waals surface area contributed by atoms with Crippen LogP contribution in [0.3, 0.4) is 0 Å². The van der Waals surface area contributed by atoms with E-state index in [-0.39, 0.29) is 0 Å². The summed E-state index contributed by atoms with van der Waals surface area (Å²) >= 11 is 0. The van der Waals surface area contributed by atoms with E-state index < -0.39 is 0 Å². The smallest absolute Gasteiger partial charge is 0.126 e. The Hall–Kier alpha value is -1.09. The van der Waals surface area contributed by atoms with Crippen molar-refractivity contribution >= 4 is 5.82 Å². The number of nitrogens with zero attached hydrogens (tertiary/aromatic N) is 2. The molecule has 0 amide bonds. The largest absolute Gasteiger partial charge is 0.383 e. The van der Waals surface area contributed by atoms with Crippen molar-refractivity contribution < 1.29 is 0 Å². The molecule has 0 spiro atoms. The van der Waals surface area contributed by atoms with Gasteiger partial charge in [-0.3, -0.25) is 4.90 Å². The predicted molar refractivity (Wildman–Crippen MR) is 62.6 cm³/mol. The van der Waals surface area contributed by atoms with Gasteiger partial charge in [0.15, 0.2) is 0 Å². The van der Waals surface area contributed by atoms with E-state index in [1.165, 1.54) is 24.9 Å². The highest BCUT2D eigenvalue weighted by molar-refractivity contribution is 5.40. The number of pyridine rings is 1. The van der Waals surface area contributed by atoms with Crippen LogP contribution in [0.2, 0.25) is 0 Å². The van der Waals surface area contributed by atoms with E-state index in [0.717, 1.165) is 12.1 Å². The summed E-state index contributed by atoms with van der Waals surface area (Å²) in [6, 6.07) is 2.74. The molecule has 1 aliphatic heterocycles. The van der Waals surface area contributed by atoms with Crippen molar-refractivity contribution in [2.24, 2.45) is 0 Å². The summed E-state index contributed by atoms with van der Waals surface area (Å²) in [4.78, 5) is 6.75. The molecule has 0 bridgehead atoms. The number of rotatable bonds is 2. The molecule has 1 aromatic rings. The van der Waals surface area contributed by atoms with Gasteiger partial charge in [0.25, 0.3) is 0 Å². The molecule has 1 aromatic heterocycles. The Balaban J connectivity index is 2.25. The molecule has 2 heterocycles. The third-order valence-corrected chi connectivity index (χ3v) is 3.29. The molecule has 0 aliphatic carbocycles. The van der Waals surface area contributed by atoms with E-state index in [4.69, 9.17) is 5.73 Å². The highest BCUT2D eigenvalue weighted by atomic mass is 15.2. The van der Waals surface area contributed by atoms with Crippen LogP contribution in [0.5, 0.6) is 0 Å². The first-order valence-corrected chi connectivity index (χ1v) is 5.68. The van der Waals surface area contributed by atoms with E-state index >= 15 is 0 Å². The van der Waals surface area contributed by atoms with Crippen molar-refractivity contribution in [3.63, 3.8) is 0 Å². The molecule has 2 N–H and O–H groups in total. The van der Waals surface area contributed by atoms with Crippen LogP contribution in [0.15, 0.2) is 12.3 Å². The second kappa shape index (κ2) is 4.19. The van der Waals surface area contributed by atoms with E-state index in [0.29, 0.717) is 11.9 Å². The monoisotopic (exact) mass is 205 g/mol. The number of likely N-dealkylation sites (tertiary alicyclic amines) is 1. The van der Waals surface area contributed by atoms with Gasteiger partial charge in [-0.15, -0.1) is 0 Å². The van der Waals surface area contributed by atoms with Crippen molar-refractivity contribution in [2.75, 3.05) is 18.8 Å². The minimum Gasteiger partial charge on any atom is -0.383 e. The number of nitrogens with two attached hydrogens (primary N) is 1. The molecule has 1 fully saturated rings. The van der Waals surface area contributed by atoms with Gasteiger partial charge < -0.3 is 5.73 Å². The van der Waals surface area contributed by atoms with Crippen molar-refractivity contribution in [3.05, 3.63) is 23.4 Å². The number of nitrogen functional groups attached to an aromatic ring is 1. The van der Waals surface area contributed by atoms with Crippen LogP contribution < -0.4 is 5.73 Å². The van der Waals surface area contributed by atoms with Crippen molar-refractivity contribution in [3.8, 4) is 0 Å². The molecule has 0 unspecified atom stereocenters. The van der Waals surface area contributed by atoms with Crippen molar-refractivity contribution in [2.45, 2.75) is 32.7 Å². The molecule has 15 heavy (non-hydrogen) atoms. The van der Waals surface area contributed by atoms with Crippen LogP contribution in [0, 0.1) is 6.92 Å². The maximum absolute atomic E-state index is 5.73. The van der Waals surface area contributed by atoms with Crippen LogP contribution in [0.4, 0.5) is 5.82 Å². The molecule has 1 aliphatic rings. The zero-order valence-corrected chi connectivity index (χ0v) is 9.53. The minimum atomic E-state index is 0.557. The third kappa shape index (κ3) is 1.97. The van der Waals surface area contributed by atoms with E-state index in [9.17, 15) is 0 Å². The number of hydrogen-bond donors (Lipinski definition) is 1. The Morgan fingerprint density at radius 2 is 2.40 bits per heavy atom. The van der Waals surface area contributed by atoms with Gasteiger partial charge in [0, 0.05) is 12.2 Å². The Morgan fingerprint density at radius 1 is 1.60 bits per heavy atom. The van der Waals surface area contributed by atoms with E-state index in [1.54, 1.807) is 0 Å². The molecule has 1 saturated heterocycles. The summed E-state index contributed by atoms with van der Waals surface area (Å²) in [7, 11) is 0. The summed E-state index contributed by atoms with van der Waals surface area (Å²) < 4.78 is 0. The summed E-state index contributed by atoms with van der Waals surface area (Å²) in [5, 5.41) is 0. The van der Waals surface area contributed by atoms with Gasteiger partial charge in [0.2, 0.25) is 0 Å². The van der Waals surface area contributed by atoms with Crippen LogP contribution in [-0.2, 0) is 0 Å². The number of anilines is 1. The Kier molecular flexibility index (Phi) is 2.91. The highest BCUT2D eigenvalue weighted by Crippen LogP contribution is 2.31. The maximum Gasteiger partial charge on any atom is 0.126 e. The average Bonchev–Trinajstić information content (AvgIpc) is 2.70. The van der Waals surface area contributed by atoms with Gasteiger partial charge in [-0.05, 0) is 50.0 Å². The van der Waals surface area contributed by atoms with E-state index in [1.807, 2.05) is 13.1 Å². The fourth-order valence-electron chi connectivity index (χ4n) is 2.37. The number of aryl methyl sites for hydroxylation is 1. The second-order valence-electron chi connectivity index (χ2n) is 4.26. The van der Waals surface area contributed by atoms with Crippen LogP contribution in [-0.4, -0.2) is 23.0 Å². The summed E-state index contributed by atoms with van der Waals surface area (Å²) in [6.07, 6.45) is 4.47. The first kappa shape index (κ1) is 10.4. The fraction of sp³-hybridized carbons (Fsp3) is 0.583. The van der Waals surface area contributed by atoms with Gasteiger partial charge in [0.05, 0.1) is 0 Å². The lowest BCUT2D eigenvalue weighted by molar-refractivity contribution is 0.271. The molecule has 0 saturated carbocycles. The molecule has 0 radical (unpaired) electrons. The Labute approximate surface area is 91.3 Å². The van der Waals surface area contributed by atoms with Gasteiger partial charge in [-0.1, -0.05) is 6.92 Å². The van der Waals surface area contributed by atoms with Gasteiger partial charge in [-0.25, -0.2) is 4.98 Å². The average molecular weight is 205 g/mol. The first-order valence-electron chi connectivity index (χ1n) is 5.68. The molecule has 2 rings (SSSR count). The first-order chi connectivity index (χ1) is 7.22.